The highest BCUT2D eigenvalue weighted by Gasteiger charge is 2.19. The Morgan fingerprint density at radius 3 is 2.82 bits per heavy atom. The van der Waals surface area contributed by atoms with Crippen LogP contribution >= 0.6 is 11.3 Å². The largest absolute Gasteiger partial charge is 0.305 e. The molecule has 0 aliphatic carbocycles. The maximum Gasteiger partial charge on any atom is 0.0844 e. The molecule has 2 rings (SSSR count). The summed E-state index contributed by atoms with van der Waals surface area (Å²) in [5, 5.41) is 9.99. The normalized spacial score (nSPS) is 12.9. The highest BCUT2D eigenvalue weighted by Crippen LogP contribution is 2.29. The number of hydrogen-bond donors (Lipinski definition) is 1. The summed E-state index contributed by atoms with van der Waals surface area (Å²) < 4.78 is 1.95. The van der Waals surface area contributed by atoms with Crippen molar-refractivity contribution >= 4 is 11.3 Å². The smallest absolute Gasteiger partial charge is 0.0844 e. The predicted molar refractivity (Wildman–Crippen MR) is 72.4 cm³/mol. The van der Waals surface area contributed by atoms with Gasteiger partial charge in [-0.3, -0.25) is 4.68 Å². The molecule has 2 heterocycles. The summed E-state index contributed by atoms with van der Waals surface area (Å²) in [6, 6.07) is 4.58. The van der Waals surface area contributed by atoms with Crippen molar-refractivity contribution in [2.75, 3.05) is 6.54 Å². The molecule has 2 aromatic heterocycles. The molecule has 1 unspecified atom stereocenters. The van der Waals surface area contributed by atoms with Gasteiger partial charge in [-0.1, -0.05) is 13.8 Å². The van der Waals surface area contributed by atoms with Crippen LogP contribution in [-0.2, 0) is 13.5 Å². The first kappa shape index (κ1) is 12.3. The van der Waals surface area contributed by atoms with Gasteiger partial charge in [-0.05, 0) is 36.0 Å². The molecule has 1 atom stereocenters. The van der Waals surface area contributed by atoms with Gasteiger partial charge in [0, 0.05) is 18.1 Å². The van der Waals surface area contributed by atoms with Crippen molar-refractivity contribution in [2.24, 2.45) is 7.05 Å². The number of thiophene rings is 1. The summed E-state index contributed by atoms with van der Waals surface area (Å²) in [5.41, 5.74) is 2.66. The number of aryl methyl sites for hydroxylation is 2. The summed E-state index contributed by atoms with van der Waals surface area (Å²) >= 11 is 1.83. The number of hydrogen-bond acceptors (Lipinski definition) is 3. The standard InChI is InChI=1S/C13H19N3S/c1-4-10-7-9-17-13(10)12(14-5-2)11-6-8-15-16(11)3/h6-9,12,14H,4-5H2,1-3H3. The van der Waals surface area contributed by atoms with Gasteiger partial charge >= 0.3 is 0 Å². The number of aromatic nitrogens is 2. The molecule has 0 aromatic carbocycles. The highest BCUT2D eigenvalue weighted by molar-refractivity contribution is 7.10. The topological polar surface area (TPSA) is 29.9 Å². The minimum Gasteiger partial charge on any atom is -0.305 e. The summed E-state index contributed by atoms with van der Waals surface area (Å²) in [4.78, 5) is 1.41. The number of nitrogens with one attached hydrogen (secondary N) is 1. The third kappa shape index (κ3) is 2.42. The molecule has 3 nitrogen and oxygen atoms in total. The molecule has 4 heteroatoms. The predicted octanol–water partition coefficient (Wildman–Crippen LogP) is 2.74. The van der Waals surface area contributed by atoms with Gasteiger partial charge in [-0.15, -0.1) is 11.3 Å². The van der Waals surface area contributed by atoms with Crippen LogP contribution in [0.4, 0.5) is 0 Å². The van der Waals surface area contributed by atoms with Crippen molar-refractivity contribution in [3.8, 4) is 0 Å². The Labute approximate surface area is 106 Å². The third-order valence-electron chi connectivity index (χ3n) is 2.99. The molecular formula is C13H19N3S. The summed E-state index contributed by atoms with van der Waals surface area (Å²) in [6.45, 7) is 5.30. The van der Waals surface area contributed by atoms with E-state index in [0.717, 1.165) is 13.0 Å². The zero-order valence-corrected chi connectivity index (χ0v) is 11.4. The van der Waals surface area contributed by atoms with Gasteiger partial charge in [0.05, 0.1) is 11.7 Å². The molecule has 0 amide bonds. The Kier molecular flexibility index (Phi) is 3.97. The van der Waals surface area contributed by atoms with E-state index in [1.54, 1.807) is 0 Å². The van der Waals surface area contributed by atoms with Gasteiger partial charge in [0.15, 0.2) is 0 Å². The molecule has 17 heavy (non-hydrogen) atoms. The van der Waals surface area contributed by atoms with E-state index in [1.165, 1.54) is 16.1 Å². The van der Waals surface area contributed by atoms with Crippen LogP contribution in [0.25, 0.3) is 0 Å². The average molecular weight is 249 g/mol. The van der Waals surface area contributed by atoms with E-state index in [0.29, 0.717) is 0 Å². The van der Waals surface area contributed by atoms with Crippen LogP contribution in [0.2, 0.25) is 0 Å². The molecule has 0 radical (unpaired) electrons. The monoisotopic (exact) mass is 249 g/mol. The molecule has 0 saturated carbocycles. The second-order valence-corrected chi connectivity index (χ2v) is 4.98. The quantitative estimate of drug-likeness (QED) is 0.883. The van der Waals surface area contributed by atoms with E-state index in [-0.39, 0.29) is 6.04 Å². The van der Waals surface area contributed by atoms with Crippen LogP contribution < -0.4 is 5.32 Å². The second-order valence-electron chi connectivity index (χ2n) is 4.03. The Morgan fingerprint density at radius 2 is 2.24 bits per heavy atom. The molecule has 0 saturated heterocycles. The molecule has 0 aliphatic rings. The van der Waals surface area contributed by atoms with Crippen molar-refractivity contribution in [3.63, 3.8) is 0 Å². The Hall–Kier alpha value is -1.13. The molecule has 0 bridgehead atoms. The van der Waals surface area contributed by atoms with Crippen LogP contribution in [0.5, 0.6) is 0 Å². The van der Waals surface area contributed by atoms with Crippen LogP contribution in [0.1, 0.15) is 36.0 Å². The maximum absolute atomic E-state index is 4.27. The molecule has 0 spiro atoms. The van der Waals surface area contributed by atoms with E-state index < -0.39 is 0 Å². The molecule has 1 N–H and O–H groups in total. The lowest BCUT2D eigenvalue weighted by atomic mass is 10.1. The fourth-order valence-corrected chi connectivity index (χ4v) is 3.18. The van der Waals surface area contributed by atoms with Gasteiger partial charge in [0.2, 0.25) is 0 Å². The van der Waals surface area contributed by atoms with E-state index >= 15 is 0 Å². The third-order valence-corrected chi connectivity index (χ3v) is 4.01. The summed E-state index contributed by atoms with van der Waals surface area (Å²) in [7, 11) is 2.00. The van der Waals surface area contributed by atoms with E-state index in [9.17, 15) is 0 Å². The Bertz CT molecular complexity index is 472. The van der Waals surface area contributed by atoms with Gasteiger partial charge in [0.1, 0.15) is 0 Å². The Balaban J connectivity index is 2.39. The first-order chi connectivity index (χ1) is 8.27. The van der Waals surface area contributed by atoms with Crippen molar-refractivity contribution < 1.29 is 0 Å². The van der Waals surface area contributed by atoms with E-state index in [1.807, 2.05) is 29.3 Å². The Morgan fingerprint density at radius 1 is 1.41 bits per heavy atom. The highest BCUT2D eigenvalue weighted by atomic mass is 32.1. The van der Waals surface area contributed by atoms with Gasteiger partial charge in [-0.2, -0.15) is 5.10 Å². The van der Waals surface area contributed by atoms with Crippen molar-refractivity contribution in [3.05, 3.63) is 39.8 Å². The lowest BCUT2D eigenvalue weighted by Crippen LogP contribution is -2.24. The minimum atomic E-state index is 0.266. The van der Waals surface area contributed by atoms with Gasteiger partial charge < -0.3 is 5.32 Å². The van der Waals surface area contributed by atoms with Gasteiger partial charge in [0.25, 0.3) is 0 Å². The van der Waals surface area contributed by atoms with Crippen LogP contribution in [-0.4, -0.2) is 16.3 Å². The summed E-state index contributed by atoms with van der Waals surface area (Å²) in [6.07, 6.45) is 2.94. The second kappa shape index (κ2) is 5.47. The van der Waals surface area contributed by atoms with Crippen LogP contribution in [0, 0.1) is 0 Å². The molecule has 0 fully saturated rings. The van der Waals surface area contributed by atoms with Crippen LogP contribution in [0.15, 0.2) is 23.7 Å². The maximum atomic E-state index is 4.27. The first-order valence-electron chi connectivity index (χ1n) is 6.05. The lowest BCUT2D eigenvalue weighted by molar-refractivity contribution is 0.576. The molecular weight excluding hydrogens is 230 g/mol. The van der Waals surface area contributed by atoms with E-state index in [2.05, 4.69) is 41.8 Å². The van der Waals surface area contributed by atoms with Crippen LogP contribution in [0.3, 0.4) is 0 Å². The molecule has 92 valence electrons. The molecule has 0 aliphatic heterocycles. The minimum absolute atomic E-state index is 0.266. The zero-order chi connectivity index (χ0) is 12.3. The lowest BCUT2D eigenvalue weighted by Gasteiger charge is -2.18. The van der Waals surface area contributed by atoms with E-state index in [4.69, 9.17) is 0 Å². The van der Waals surface area contributed by atoms with Gasteiger partial charge in [-0.25, -0.2) is 0 Å². The zero-order valence-electron chi connectivity index (χ0n) is 10.6. The van der Waals surface area contributed by atoms with Crippen molar-refractivity contribution in [1.29, 1.82) is 0 Å². The van der Waals surface area contributed by atoms with Crippen molar-refractivity contribution in [1.82, 2.24) is 15.1 Å². The van der Waals surface area contributed by atoms with Crippen molar-refractivity contribution in [2.45, 2.75) is 26.3 Å². The fourth-order valence-electron chi connectivity index (χ4n) is 2.10. The number of nitrogens with zero attached hydrogens (tertiary/aromatic N) is 2. The fraction of sp³-hybridized carbons (Fsp3) is 0.462. The average Bonchev–Trinajstić information content (AvgIpc) is 2.94. The molecule has 2 aromatic rings. The summed E-state index contributed by atoms with van der Waals surface area (Å²) in [5.74, 6) is 0. The number of rotatable bonds is 5. The first-order valence-corrected chi connectivity index (χ1v) is 6.93. The SMILES string of the molecule is CCNC(c1sccc1CC)c1ccnn1C.